The van der Waals surface area contributed by atoms with Crippen molar-refractivity contribution in [3.8, 4) is 11.5 Å². The summed E-state index contributed by atoms with van der Waals surface area (Å²) in [5, 5.41) is 10.1. The van der Waals surface area contributed by atoms with E-state index in [4.69, 9.17) is 21.1 Å². The zero-order chi connectivity index (χ0) is 17.5. The highest BCUT2D eigenvalue weighted by molar-refractivity contribution is 6.30. The number of carboxylic acids is 1. The predicted octanol–water partition coefficient (Wildman–Crippen LogP) is 4.76. The van der Waals surface area contributed by atoms with Crippen molar-refractivity contribution in [2.24, 2.45) is 0 Å². The smallest absolute Gasteiger partial charge is 0.336 e. The molecule has 24 heavy (non-hydrogen) atoms. The number of carboxylic acid groups (broad SMARTS) is 1. The molecule has 0 heterocycles. The van der Waals surface area contributed by atoms with E-state index in [1.54, 1.807) is 55.7 Å². The van der Waals surface area contributed by atoms with Gasteiger partial charge >= 0.3 is 5.97 Å². The molecule has 0 aromatic heterocycles. The molecule has 0 aliphatic carbocycles. The van der Waals surface area contributed by atoms with Crippen LogP contribution in [-0.4, -0.2) is 24.8 Å². The molecule has 0 amide bonds. The second-order valence-electron chi connectivity index (χ2n) is 5.13. The van der Waals surface area contributed by atoms with Crippen LogP contribution in [0.1, 0.15) is 24.5 Å². The van der Waals surface area contributed by atoms with Crippen molar-refractivity contribution < 1.29 is 19.4 Å². The van der Waals surface area contributed by atoms with Gasteiger partial charge in [-0.1, -0.05) is 36.7 Å². The molecule has 0 aliphatic rings. The summed E-state index contributed by atoms with van der Waals surface area (Å²) in [6.07, 6.45) is 2.47. The number of hydrogen-bond donors (Lipinski definition) is 1. The molecule has 0 bridgehead atoms. The van der Waals surface area contributed by atoms with Gasteiger partial charge in [0.15, 0.2) is 11.5 Å². The van der Waals surface area contributed by atoms with Crippen LogP contribution in [0.5, 0.6) is 11.5 Å². The zero-order valence-corrected chi connectivity index (χ0v) is 14.3. The number of ether oxygens (including phenoxy) is 2. The van der Waals surface area contributed by atoms with Crippen molar-refractivity contribution in [3.05, 3.63) is 58.6 Å². The summed E-state index contributed by atoms with van der Waals surface area (Å²) in [5.41, 5.74) is 1.48. The number of methoxy groups -OCH3 is 1. The van der Waals surface area contributed by atoms with Crippen molar-refractivity contribution in [2.75, 3.05) is 13.7 Å². The number of hydrogen-bond acceptors (Lipinski definition) is 3. The molecule has 5 heteroatoms. The Kier molecular flexibility index (Phi) is 6.27. The molecule has 0 fully saturated rings. The molecule has 0 atom stereocenters. The molecule has 0 unspecified atom stereocenters. The van der Waals surface area contributed by atoms with Crippen LogP contribution in [0.2, 0.25) is 5.02 Å². The number of carbonyl (C=O) groups is 1. The Labute approximate surface area is 146 Å². The largest absolute Gasteiger partial charge is 0.493 e. The monoisotopic (exact) mass is 346 g/mol. The molecule has 0 saturated heterocycles. The maximum Gasteiger partial charge on any atom is 0.336 e. The van der Waals surface area contributed by atoms with Crippen molar-refractivity contribution in [1.82, 2.24) is 0 Å². The van der Waals surface area contributed by atoms with E-state index in [0.717, 1.165) is 6.42 Å². The van der Waals surface area contributed by atoms with Gasteiger partial charge in [-0.15, -0.1) is 0 Å². The summed E-state index contributed by atoms with van der Waals surface area (Å²) in [6.45, 7) is 2.58. The topological polar surface area (TPSA) is 55.8 Å². The third-order valence-electron chi connectivity index (χ3n) is 3.35. The van der Waals surface area contributed by atoms with Crippen molar-refractivity contribution in [3.63, 3.8) is 0 Å². The lowest BCUT2D eigenvalue weighted by molar-refractivity contribution is -0.130. The lowest BCUT2D eigenvalue weighted by atomic mass is 10.0. The highest BCUT2D eigenvalue weighted by Gasteiger charge is 2.12. The zero-order valence-electron chi connectivity index (χ0n) is 13.6. The van der Waals surface area contributed by atoms with Gasteiger partial charge in [-0.25, -0.2) is 4.79 Å². The number of aliphatic carboxylic acids is 1. The molecule has 2 aromatic carbocycles. The van der Waals surface area contributed by atoms with Crippen LogP contribution in [0.15, 0.2) is 42.5 Å². The summed E-state index contributed by atoms with van der Waals surface area (Å²) in [5.74, 6) is 0.196. The van der Waals surface area contributed by atoms with Gasteiger partial charge in [-0.3, -0.25) is 0 Å². The Morgan fingerprint density at radius 3 is 2.46 bits per heavy atom. The average Bonchev–Trinajstić information content (AvgIpc) is 2.58. The summed E-state index contributed by atoms with van der Waals surface area (Å²) in [4.78, 5) is 11.6. The highest BCUT2D eigenvalue weighted by Crippen LogP contribution is 2.30. The second-order valence-corrected chi connectivity index (χ2v) is 5.57. The lowest BCUT2D eigenvalue weighted by Crippen LogP contribution is -2.00. The van der Waals surface area contributed by atoms with E-state index < -0.39 is 5.97 Å². The number of halogens is 1. The summed E-state index contributed by atoms with van der Waals surface area (Å²) in [7, 11) is 1.57. The van der Waals surface area contributed by atoms with Gasteiger partial charge in [0, 0.05) is 5.02 Å². The van der Waals surface area contributed by atoms with E-state index in [2.05, 4.69) is 0 Å². The minimum absolute atomic E-state index is 0.179. The third-order valence-corrected chi connectivity index (χ3v) is 3.60. The van der Waals surface area contributed by atoms with E-state index in [1.165, 1.54) is 0 Å². The minimum atomic E-state index is -1.01. The fraction of sp³-hybridized carbons (Fsp3) is 0.211. The fourth-order valence-electron chi connectivity index (χ4n) is 2.17. The van der Waals surface area contributed by atoms with Crippen LogP contribution < -0.4 is 9.47 Å². The lowest BCUT2D eigenvalue weighted by Gasteiger charge is -2.11. The number of rotatable bonds is 7. The van der Waals surface area contributed by atoms with E-state index in [1.807, 2.05) is 6.92 Å². The molecule has 2 aromatic rings. The minimum Gasteiger partial charge on any atom is -0.493 e. The van der Waals surface area contributed by atoms with Gasteiger partial charge < -0.3 is 14.6 Å². The molecular formula is C19H19ClO4. The fourth-order valence-corrected chi connectivity index (χ4v) is 2.30. The first kappa shape index (κ1) is 17.9. The van der Waals surface area contributed by atoms with Crippen molar-refractivity contribution in [1.29, 1.82) is 0 Å². The first-order valence-electron chi connectivity index (χ1n) is 7.57. The van der Waals surface area contributed by atoms with Gasteiger partial charge in [0.2, 0.25) is 0 Å². The van der Waals surface area contributed by atoms with Crippen LogP contribution >= 0.6 is 11.6 Å². The van der Waals surface area contributed by atoms with Gasteiger partial charge in [0.1, 0.15) is 0 Å². The summed E-state index contributed by atoms with van der Waals surface area (Å²) >= 11 is 5.86. The van der Waals surface area contributed by atoms with Gasteiger partial charge in [-0.2, -0.15) is 0 Å². The van der Waals surface area contributed by atoms with Crippen LogP contribution in [0.3, 0.4) is 0 Å². The number of benzene rings is 2. The van der Waals surface area contributed by atoms with E-state index in [0.29, 0.717) is 34.3 Å². The maximum absolute atomic E-state index is 11.6. The molecule has 0 saturated carbocycles. The Balaban J connectivity index is 2.41. The SMILES string of the molecule is CCCOc1cc(/C=C(\C(=O)O)c2ccc(Cl)cc2)ccc1OC. The summed E-state index contributed by atoms with van der Waals surface area (Å²) in [6, 6.07) is 12.0. The molecule has 0 spiro atoms. The molecular weight excluding hydrogens is 328 g/mol. The quantitative estimate of drug-likeness (QED) is 0.580. The first-order valence-corrected chi connectivity index (χ1v) is 7.94. The Bertz CT molecular complexity index is 736. The van der Waals surface area contributed by atoms with Gasteiger partial charge in [-0.05, 0) is 47.9 Å². The molecule has 0 radical (unpaired) electrons. The van der Waals surface area contributed by atoms with Crippen LogP contribution in [0.25, 0.3) is 11.6 Å². The third kappa shape index (κ3) is 4.52. The molecule has 0 aliphatic heterocycles. The summed E-state index contributed by atoms with van der Waals surface area (Å²) < 4.78 is 10.9. The standard InChI is InChI=1S/C19H19ClO4/c1-3-10-24-18-12-13(4-9-17(18)23-2)11-16(19(21)22)14-5-7-15(20)8-6-14/h4-9,11-12H,3,10H2,1-2H3,(H,21,22)/b16-11-. The van der Waals surface area contributed by atoms with Crippen LogP contribution in [0.4, 0.5) is 0 Å². The van der Waals surface area contributed by atoms with Crippen LogP contribution in [-0.2, 0) is 4.79 Å². The molecule has 126 valence electrons. The molecule has 4 nitrogen and oxygen atoms in total. The van der Waals surface area contributed by atoms with E-state index >= 15 is 0 Å². The molecule has 1 N–H and O–H groups in total. The van der Waals surface area contributed by atoms with Crippen molar-refractivity contribution in [2.45, 2.75) is 13.3 Å². The second kappa shape index (κ2) is 8.41. The normalized spacial score (nSPS) is 11.2. The Morgan fingerprint density at radius 2 is 1.88 bits per heavy atom. The van der Waals surface area contributed by atoms with Crippen LogP contribution in [0, 0.1) is 0 Å². The van der Waals surface area contributed by atoms with E-state index in [-0.39, 0.29) is 5.57 Å². The molecule has 2 rings (SSSR count). The van der Waals surface area contributed by atoms with Crippen molar-refractivity contribution >= 4 is 29.2 Å². The van der Waals surface area contributed by atoms with Gasteiger partial charge in [0.25, 0.3) is 0 Å². The Hall–Kier alpha value is -2.46. The highest BCUT2D eigenvalue weighted by atomic mass is 35.5. The van der Waals surface area contributed by atoms with E-state index in [9.17, 15) is 9.90 Å². The Morgan fingerprint density at radius 1 is 1.17 bits per heavy atom. The maximum atomic E-state index is 11.6. The predicted molar refractivity (Wildman–Crippen MR) is 95.7 cm³/mol. The first-order chi connectivity index (χ1) is 11.5. The van der Waals surface area contributed by atoms with Gasteiger partial charge in [0.05, 0.1) is 19.3 Å². The average molecular weight is 347 g/mol.